The van der Waals surface area contributed by atoms with Gasteiger partial charge in [0.2, 0.25) is 5.91 Å². The van der Waals surface area contributed by atoms with Crippen LogP contribution in [0.3, 0.4) is 0 Å². The maximum Gasteiger partial charge on any atom is 0.348 e. The number of thiophene rings is 1. The van der Waals surface area contributed by atoms with Crippen LogP contribution in [0.25, 0.3) is 10.8 Å². The van der Waals surface area contributed by atoms with Gasteiger partial charge in [0.1, 0.15) is 15.9 Å². The lowest BCUT2D eigenvalue weighted by molar-refractivity contribution is -0.115. The first-order chi connectivity index (χ1) is 13.0. The van der Waals surface area contributed by atoms with Crippen LogP contribution >= 0.6 is 11.3 Å². The van der Waals surface area contributed by atoms with Gasteiger partial charge in [-0.3, -0.25) is 4.79 Å². The fraction of sp³-hybridized carbons (Fsp3) is 0.190. The van der Waals surface area contributed by atoms with Crippen LogP contribution in [0.5, 0.6) is 0 Å². The first kappa shape index (κ1) is 18.6. The van der Waals surface area contributed by atoms with Crippen molar-refractivity contribution in [1.29, 1.82) is 5.26 Å². The summed E-state index contributed by atoms with van der Waals surface area (Å²) in [4.78, 5) is 24.8. The first-order valence-electron chi connectivity index (χ1n) is 8.51. The Hall–Kier alpha value is -3.17. The van der Waals surface area contributed by atoms with Crippen molar-refractivity contribution < 1.29 is 14.3 Å². The van der Waals surface area contributed by atoms with Crippen LogP contribution in [-0.2, 0) is 16.0 Å². The largest absolute Gasteiger partial charge is 0.462 e. The monoisotopic (exact) mass is 378 g/mol. The topological polar surface area (TPSA) is 79.2 Å². The van der Waals surface area contributed by atoms with Crippen LogP contribution in [0.1, 0.15) is 33.3 Å². The maximum absolute atomic E-state index is 12.5. The normalized spacial score (nSPS) is 10.4. The Labute approximate surface area is 161 Å². The van der Waals surface area contributed by atoms with Gasteiger partial charge >= 0.3 is 5.97 Å². The summed E-state index contributed by atoms with van der Waals surface area (Å²) in [5.74, 6) is -0.718. The number of nitrogens with zero attached hydrogens (tertiary/aromatic N) is 1. The van der Waals surface area contributed by atoms with Gasteiger partial charge in [-0.15, -0.1) is 11.3 Å². The van der Waals surface area contributed by atoms with Crippen molar-refractivity contribution in [2.75, 3.05) is 11.9 Å². The van der Waals surface area contributed by atoms with E-state index in [9.17, 15) is 14.9 Å². The van der Waals surface area contributed by atoms with Gasteiger partial charge in [0, 0.05) is 0 Å². The van der Waals surface area contributed by atoms with E-state index in [-0.39, 0.29) is 18.9 Å². The Balaban J connectivity index is 1.79. The average molecular weight is 378 g/mol. The van der Waals surface area contributed by atoms with E-state index in [1.807, 2.05) is 42.5 Å². The summed E-state index contributed by atoms with van der Waals surface area (Å²) in [6.07, 6.45) is 0.182. The first-order valence-corrected chi connectivity index (χ1v) is 9.33. The van der Waals surface area contributed by atoms with Crippen LogP contribution < -0.4 is 5.32 Å². The average Bonchev–Trinajstić information content (AvgIpc) is 2.97. The Morgan fingerprint density at radius 3 is 2.63 bits per heavy atom. The number of carbonyl (C=O) groups is 2. The molecule has 1 amide bonds. The molecule has 0 aliphatic heterocycles. The zero-order valence-corrected chi connectivity index (χ0v) is 15.9. The number of hydrogen-bond acceptors (Lipinski definition) is 5. The summed E-state index contributed by atoms with van der Waals surface area (Å²) >= 11 is 1.07. The summed E-state index contributed by atoms with van der Waals surface area (Å²) < 4.78 is 5.01. The van der Waals surface area contributed by atoms with Crippen molar-refractivity contribution in [2.45, 2.75) is 20.3 Å². The molecular formula is C21H18N2O3S. The molecule has 0 aliphatic rings. The van der Waals surface area contributed by atoms with Gasteiger partial charge < -0.3 is 10.1 Å². The van der Waals surface area contributed by atoms with Crippen LogP contribution in [-0.4, -0.2) is 18.5 Å². The van der Waals surface area contributed by atoms with E-state index in [0.29, 0.717) is 21.0 Å². The van der Waals surface area contributed by atoms with Crippen molar-refractivity contribution in [1.82, 2.24) is 0 Å². The number of rotatable bonds is 5. The van der Waals surface area contributed by atoms with Gasteiger partial charge in [0.25, 0.3) is 0 Å². The van der Waals surface area contributed by atoms with Crippen LogP contribution in [0, 0.1) is 18.3 Å². The van der Waals surface area contributed by atoms with E-state index in [4.69, 9.17) is 4.74 Å². The van der Waals surface area contributed by atoms with Crippen LogP contribution in [0.2, 0.25) is 0 Å². The minimum absolute atomic E-state index is 0.182. The number of esters is 1. The van der Waals surface area contributed by atoms with Crippen LogP contribution in [0.15, 0.2) is 42.5 Å². The second-order valence-corrected chi connectivity index (χ2v) is 7.02. The van der Waals surface area contributed by atoms with Gasteiger partial charge in [-0.1, -0.05) is 42.5 Å². The van der Waals surface area contributed by atoms with Crippen molar-refractivity contribution in [3.05, 3.63) is 64.0 Å². The SMILES string of the molecule is CCOC(=O)c1sc(NC(=O)Cc2ccc3ccccc3c2)c(C#N)c1C. The predicted octanol–water partition coefficient (Wildman–Crippen LogP) is 4.44. The summed E-state index contributed by atoms with van der Waals surface area (Å²) in [5.41, 5.74) is 1.71. The Morgan fingerprint density at radius 2 is 1.93 bits per heavy atom. The second-order valence-electron chi connectivity index (χ2n) is 6.00. The lowest BCUT2D eigenvalue weighted by Crippen LogP contribution is -2.14. The minimum Gasteiger partial charge on any atom is -0.462 e. The zero-order chi connectivity index (χ0) is 19.4. The highest BCUT2D eigenvalue weighted by Crippen LogP contribution is 2.33. The standard InChI is InChI=1S/C21H18N2O3S/c1-3-26-21(25)19-13(2)17(12-22)20(27-19)23-18(24)11-14-8-9-15-6-4-5-7-16(15)10-14/h4-10H,3,11H2,1-2H3,(H,23,24). The van der Waals surface area contributed by atoms with E-state index >= 15 is 0 Å². The molecule has 136 valence electrons. The summed E-state index contributed by atoms with van der Waals surface area (Å²) in [6.45, 7) is 3.65. The lowest BCUT2D eigenvalue weighted by atomic mass is 10.0. The molecule has 0 fully saturated rings. The number of amides is 1. The molecule has 3 aromatic rings. The van der Waals surface area contributed by atoms with E-state index < -0.39 is 5.97 Å². The molecule has 2 aromatic carbocycles. The Kier molecular flexibility index (Phi) is 5.53. The van der Waals surface area contributed by atoms with E-state index in [1.165, 1.54) is 0 Å². The highest BCUT2D eigenvalue weighted by atomic mass is 32.1. The smallest absolute Gasteiger partial charge is 0.348 e. The highest BCUT2D eigenvalue weighted by Gasteiger charge is 2.22. The van der Waals surface area contributed by atoms with Crippen molar-refractivity contribution in [3.63, 3.8) is 0 Å². The third-order valence-electron chi connectivity index (χ3n) is 4.15. The van der Waals surface area contributed by atoms with Gasteiger partial charge in [-0.05, 0) is 35.7 Å². The fourth-order valence-electron chi connectivity index (χ4n) is 2.83. The molecule has 6 heteroatoms. The maximum atomic E-state index is 12.5. The van der Waals surface area contributed by atoms with Gasteiger partial charge in [-0.25, -0.2) is 4.79 Å². The van der Waals surface area contributed by atoms with Gasteiger partial charge in [-0.2, -0.15) is 5.26 Å². The number of nitriles is 1. The molecule has 0 radical (unpaired) electrons. The molecule has 0 spiro atoms. The molecule has 0 bridgehead atoms. The Morgan fingerprint density at radius 1 is 1.19 bits per heavy atom. The Bertz CT molecular complexity index is 1060. The third-order valence-corrected chi connectivity index (χ3v) is 5.34. The summed E-state index contributed by atoms with van der Waals surface area (Å²) in [5, 5.41) is 14.7. The highest BCUT2D eigenvalue weighted by molar-refractivity contribution is 7.18. The van der Waals surface area contributed by atoms with Gasteiger partial charge in [0.15, 0.2) is 0 Å². The van der Waals surface area contributed by atoms with E-state index in [0.717, 1.165) is 27.7 Å². The second kappa shape index (κ2) is 8.02. The molecule has 3 rings (SSSR count). The van der Waals surface area contributed by atoms with E-state index in [2.05, 4.69) is 11.4 Å². The molecular weight excluding hydrogens is 360 g/mol. The number of fused-ring (bicyclic) bond motifs is 1. The quantitative estimate of drug-likeness (QED) is 0.666. The number of nitrogens with one attached hydrogen (secondary N) is 1. The molecule has 27 heavy (non-hydrogen) atoms. The molecule has 0 aliphatic carbocycles. The van der Waals surface area contributed by atoms with E-state index in [1.54, 1.807) is 13.8 Å². The lowest BCUT2D eigenvalue weighted by Gasteiger charge is -2.05. The molecule has 1 heterocycles. The number of benzene rings is 2. The fourth-order valence-corrected chi connectivity index (χ4v) is 3.90. The third kappa shape index (κ3) is 3.99. The zero-order valence-electron chi connectivity index (χ0n) is 15.0. The van der Waals surface area contributed by atoms with Crippen LogP contribution in [0.4, 0.5) is 5.00 Å². The summed E-state index contributed by atoms with van der Waals surface area (Å²) in [6, 6.07) is 15.9. The number of carbonyl (C=O) groups excluding carboxylic acids is 2. The molecule has 0 saturated carbocycles. The number of anilines is 1. The van der Waals surface area contributed by atoms with Crippen molar-refractivity contribution in [2.24, 2.45) is 0 Å². The molecule has 0 atom stereocenters. The van der Waals surface area contributed by atoms with Crippen molar-refractivity contribution >= 4 is 39.0 Å². The molecule has 5 nitrogen and oxygen atoms in total. The molecule has 0 saturated heterocycles. The predicted molar refractivity (Wildman–Crippen MR) is 106 cm³/mol. The number of hydrogen-bond donors (Lipinski definition) is 1. The number of ether oxygens (including phenoxy) is 1. The molecule has 1 N–H and O–H groups in total. The molecule has 0 unspecified atom stereocenters. The van der Waals surface area contributed by atoms with Gasteiger partial charge in [0.05, 0.1) is 18.6 Å². The van der Waals surface area contributed by atoms with Crippen molar-refractivity contribution in [3.8, 4) is 6.07 Å². The molecule has 1 aromatic heterocycles. The summed E-state index contributed by atoms with van der Waals surface area (Å²) in [7, 11) is 0. The minimum atomic E-state index is -0.480.